The van der Waals surface area contributed by atoms with Crippen LogP contribution in [0.3, 0.4) is 0 Å². The van der Waals surface area contributed by atoms with Gasteiger partial charge in [-0.15, -0.1) is 0 Å². The van der Waals surface area contributed by atoms with Crippen LogP contribution < -0.4 is 0 Å². The molecule has 370 valence electrons. The first-order valence-corrected chi connectivity index (χ1v) is 21.6. The van der Waals surface area contributed by atoms with Gasteiger partial charge in [0.25, 0.3) is 0 Å². The summed E-state index contributed by atoms with van der Waals surface area (Å²) in [6.45, 7) is 0. The van der Waals surface area contributed by atoms with Gasteiger partial charge >= 0.3 is 30.9 Å². The van der Waals surface area contributed by atoms with Crippen molar-refractivity contribution < 1.29 is 65.9 Å². The van der Waals surface area contributed by atoms with Crippen molar-refractivity contribution in [3.63, 3.8) is 0 Å². The predicted octanol–water partition coefficient (Wildman–Crippen LogP) is 17.7. The van der Waals surface area contributed by atoms with Gasteiger partial charge in [0, 0.05) is 27.1 Å². The Balaban J connectivity index is 1.31. The highest BCUT2D eigenvalue weighted by molar-refractivity contribution is 6.13. The van der Waals surface area contributed by atoms with Gasteiger partial charge in [-0.3, -0.25) is 0 Å². The molecule has 19 heteroatoms. The third-order valence-electron chi connectivity index (χ3n) is 12.6. The molecule has 8 aromatic carbocycles. The molecule has 74 heavy (non-hydrogen) atoms. The monoisotopic (exact) mass is 1030 g/mol. The number of halogens is 15. The molecule has 2 heterocycles. The third kappa shape index (κ3) is 8.47. The van der Waals surface area contributed by atoms with E-state index in [-0.39, 0.29) is 78.6 Å². The topological polar surface area (TPSA) is 57.4 Å². The molecule has 0 atom stereocenters. The van der Waals surface area contributed by atoms with E-state index in [2.05, 4.69) is 0 Å². The van der Waals surface area contributed by atoms with Crippen LogP contribution in [0.25, 0.3) is 88.4 Å². The van der Waals surface area contributed by atoms with E-state index in [1.807, 2.05) is 6.07 Å². The van der Waals surface area contributed by atoms with Crippen molar-refractivity contribution in [2.45, 2.75) is 30.9 Å². The number of alkyl halides is 15. The maximum absolute atomic E-state index is 15.5. The standard InChI is InChI=1S/C55H25F15N4/c56-51(57,58)34-18-32(19-35(24-34)52(59,60)61)30-10-13-46-41(22-30)38-5-1-3-7-44(38)73(46)48-16-29(27-72)17-49(50(48)40-12-9-28(26-71)15-43(40)55(68,69)70)74-45-8-4-2-6-39(45)42-23-31(11-14-47(42)74)33-20-36(53(62,63)64)25-37(21-33)54(65,66)67/h1-25H. The molecule has 0 aliphatic carbocycles. The smallest absolute Gasteiger partial charge is 0.308 e. The molecule has 0 spiro atoms. The summed E-state index contributed by atoms with van der Waals surface area (Å²) in [5, 5.41) is 21.5. The van der Waals surface area contributed by atoms with Crippen LogP contribution in [-0.2, 0) is 30.9 Å². The lowest BCUT2D eigenvalue weighted by atomic mass is 9.92. The second-order valence-electron chi connectivity index (χ2n) is 17.1. The Bertz CT molecular complexity index is 3760. The number of benzene rings is 8. The van der Waals surface area contributed by atoms with Crippen molar-refractivity contribution >= 4 is 43.6 Å². The Morgan fingerprint density at radius 2 is 0.703 bits per heavy atom. The SMILES string of the molecule is N#Cc1cc(-n2c3ccccc3c3cc(-c4cc(C(F)(F)F)cc(C(F)(F)F)c4)ccc32)c(-c2ccc(C#N)cc2C(F)(F)F)c(-n2c3ccccc3c3cc(-c4cc(C(F)(F)F)cc(C(F)(F)F)c4)ccc32)c1. The van der Waals surface area contributed by atoms with E-state index in [4.69, 9.17) is 0 Å². The fourth-order valence-corrected chi connectivity index (χ4v) is 9.44. The molecule has 2 aromatic heterocycles. The van der Waals surface area contributed by atoms with E-state index >= 15 is 13.2 Å². The fraction of sp³-hybridized carbons (Fsp3) is 0.0909. The Morgan fingerprint density at radius 3 is 1.07 bits per heavy atom. The number of fused-ring (bicyclic) bond motifs is 6. The van der Waals surface area contributed by atoms with Gasteiger partial charge in [0.05, 0.1) is 84.5 Å². The minimum atomic E-state index is -5.18. The summed E-state index contributed by atoms with van der Waals surface area (Å²) in [4.78, 5) is 0. The van der Waals surface area contributed by atoms with Crippen LogP contribution in [-0.4, -0.2) is 9.13 Å². The first kappa shape index (κ1) is 48.9. The number of hydrogen-bond acceptors (Lipinski definition) is 2. The largest absolute Gasteiger partial charge is 0.417 e. The number of aromatic nitrogens is 2. The van der Waals surface area contributed by atoms with Crippen molar-refractivity contribution in [2.75, 3.05) is 0 Å². The van der Waals surface area contributed by atoms with E-state index in [0.29, 0.717) is 41.1 Å². The molecule has 0 aliphatic rings. The zero-order valence-corrected chi connectivity index (χ0v) is 36.9. The van der Waals surface area contributed by atoms with Crippen molar-refractivity contribution in [3.8, 4) is 56.9 Å². The first-order valence-electron chi connectivity index (χ1n) is 21.6. The molecule has 0 fully saturated rings. The van der Waals surface area contributed by atoms with Crippen molar-refractivity contribution in [1.29, 1.82) is 10.5 Å². The average Bonchev–Trinajstić information content (AvgIpc) is 3.86. The summed E-state index contributed by atoms with van der Waals surface area (Å²) < 4.78 is 218. The Labute approximate surface area is 406 Å². The highest BCUT2D eigenvalue weighted by Gasteiger charge is 2.40. The third-order valence-corrected chi connectivity index (χ3v) is 12.6. The second kappa shape index (κ2) is 16.9. The molecule has 0 saturated carbocycles. The molecule has 4 nitrogen and oxygen atoms in total. The molecular formula is C55H25F15N4. The van der Waals surface area contributed by atoms with E-state index in [1.54, 1.807) is 54.6 Å². The number of nitrogens with zero attached hydrogens (tertiary/aromatic N) is 4. The summed E-state index contributed by atoms with van der Waals surface area (Å²) in [7, 11) is 0. The summed E-state index contributed by atoms with van der Waals surface area (Å²) in [6.07, 6.45) is -25.9. The zero-order chi connectivity index (χ0) is 53.0. The van der Waals surface area contributed by atoms with E-state index in [1.165, 1.54) is 57.7 Å². The molecule has 10 aromatic rings. The number of rotatable bonds is 5. The lowest BCUT2D eigenvalue weighted by Crippen LogP contribution is -2.11. The van der Waals surface area contributed by atoms with Crippen LogP contribution in [0.4, 0.5) is 65.9 Å². The molecule has 0 unspecified atom stereocenters. The van der Waals surface area contributed by atoms with Gasteiger partial charge in [-0.2, -0.15) is 76.4 Å². The van der Waals surface area contributed by atoms with Crippen LogP contribution in [0.2, 0.25) is 0 Å². The molecule has 0 N–H and O–H groups in total. The number of nitriles is 2. The average molecular weight is 1030 g/mol. The molecule has 0 bridgehead atoms. The Morgan fingerprint density at radius 1 is 0.324 bits per heavy atom. The summed E-state index contributed by atoms with van der Waals surface area (Å²) >= 11 is 0. The molecule has 0 aliphatic heterocycles. The predicted molar refractivity (Wildman–Crippen MR) is 246 cm³/mol. The molecule has 0 amide bonds. The van der Waals surface area contributed by atoms with Crippen LogP contribution in [0, 0.1) is 22.7 Å². The van der Waals surface area contributed by atoms with Gasteiger partial charge in [-0.05, 0) is 125 Å². The van der Waals surface area contributed by atoms with E-state index in [9.17, 15) is 63.2 Å². The van der Waals surface area contributed by atoms with Crippen LogP contribution in [0.1, 0.15) is 38.9 Å². The van der Waals surface area contributed by atoms with Gasteiger partial charge in [-0.1, -0.05) is 54.6 Å². The lowest BCUT2D eigenvalue weighted by molar-refractivity contribution is -0.144. The maximum Gasteiger partial charge on any atom is 0.417 e. The summed E-state index contributed by atoms with van der Waals surface area (Å²) in [5.41, 5.74) is -9.48. The maximum atomic E-state index is 15.5. The quantitative estimate of drug-likeness (QED) is 0.161. The normalized spacial score (nSPS) is 12.8. The van der Waals surface area contributed by atoms with Gasteiger partial charge in [0.1, 0.15) is 0 Å². The molecular weight excluding hydrogens is 1000 g/mol. The van der Waals surface area contributed by atoms with Gasteiger partial charge < -0.3 is 9.13 Å². The number of hydrogen-bond donors (Lipinski definition) is 0. The van der Waals surface area contributed by atoms with Crippen LogP contribution in [0.15, 0.2) is 152 Å². The lowest BCUT2D eigenvalue weighted by Gasteiger charge is -2.23. The molecule has 10 rings (SSSR count). The summed E-state index contributed by atoms with van der Waals surface area (Å²) in [5.74, 6) is 0. The van der Waals surface area contributed by atoms with Gasteiger partial charge in [0.15, 0.2) is 0 Å². The van der Waals surface area contributed by atoms with Crippen molar-refractivity contribution in [2.24, 2.45) is 0 Å². The Hall–Kier alpha value is -8.71. The molecule has 0 saturated heterocycles. The van der Waals surface area contributed by atoms with Gasteiger partial charge in [0.2, 0.25) is 0 Å². The van der Waals surface area contributed by atoms with Crippen LogP contribution >= 0.6 is 0 Å². The highest BCUT2D eigenvalue weighted by Crippen LogP contribution is 2.49. The zero-order valence-electron chi connectivity index (χ0n) is 36.9. The minimum absolute atomic E-state index is 0.0208. The number of para-hydroxylation sites is 2. The van der Waals surface area contributed by atoms with E-state index < -0.39 is 81.0 Å². The van der Waals surface area contributed by atoms with Crippen molar-refractivity contribution in [3.05, 3.63) is 191 Å². The van der Waals surface area contributed by atoms with E-state index in [0.717, 1.165) is 12.1 Å². The fourth-order valence-electron chi connectivity index (χ4n) is 9.44. The minimum Gasteiger partial charge on any atom is -0.308 e. The highest BCUT2D eigenvalue weighted by atomic mass is 19.4. The van der Waals surface area contributed by atoms with Crippen LogP contribution in [0.5, 0.6) is 0 Å². The Kier molecular flexibility index (Phi) is 11.2. The van der Waals surface area contributed by atoms with Crippen molar-refractivity contribution in [1.82, 2.24) is 9.13 Å². The first-order chi connectivity index (χ1) is 34.7. The molecule has 0 radical (unpaired) electrons. The second-order valence-corrected chi connectivity index (χ2v) is 17.1. The van der Waals surface area contributed by atoms with Gasteiger partial charge in [-0.25, -0.2) is 0 Å². The summed E-state index contributed by atoms with van der Waals surface area (Å²) in [6, 6.07) is 31.5.